The van der Waals surface area contributed by atoms with Gasteiger partial charge in [-0.2, -0.15) is 0 Å². The van der Waals surface area contributed by atoms with E-state index in [2.05, 4.69) is 15.9 Å². The summed E-state index contributed by atoms with van der Waals surface area (Å²) in [6.07, 6.45) is 1.80. The number of hydrogen-bond acceptors (Lipinski definition) is 5. The second kappa shape index (κ2) is 7.09. The van der Waals surface area contributed by atoms with Gasteiger partial charge in [0.15, 0.2) is 11.5 Å². The molecule has 1 aliphatic rings. The summed E-state index contributed by atoms with van der Waals surface area (Å²) in [6.45, 7) is 1.89. The Morgan fingerprint density at radius 2 is 2.10 bits per heavy atom. The Morgan fingerprint density at radius 3 is 2.67 bits per heavy atom. The fraction of sp³-hybridized carbons (Fsp3) is 0.571. The molecule has 6 nitrogen and oxygen atoms in total. The Hall–Kier alpha value is -1.34. The van der Waals surface area contributed by atoms with E-state index in [9.17, 15) is 10.1 Å². The molecule has 116 valence electrons. The highest BCUT2D eigenvalue weighted by molar-refractivity contribution is 9.09. The SMILES string of the molecule is COc1ccc([N+](=O)[O-])cc1OCC1(CBr)CCOCC1. The molecule has 1 saturated heterocycles. The van der Waals surface area contributed by atoms with Crippen molar-refractivity contribution in [2.75, 3.05) is 32.3 Å². The Bertz CT molecular complexity index is 502. The molecule has 7 heteroatoms. The fourth-order valence-corrected chi connectivity index (χ4v) is 2.97. The monoisotopic (exact) mass is 359 g/mol. The highest BCUT2D eigenvalue weighted by Gasteiger charge is 2.33. The van der Waals surface area contributed by atoms with E-state index in [1.54, 1.807) is 6.07 Å². The number of methoxy groups -OCH3 is 1. The van der Waals surface area contributed by atoms with Crippen LogP contribution in [0.3, 0.4) is 0 Å². The first-order chi connectivity index (χ1) is 10.1. The first-order valence-electron chi connectivity index (χ1n) is 6.69. The lowest BCUT2D eigenvalue weighted by Crippen LogP contribution is -2.36. The zero-order valence-electron chi connectivity index (χ0n) is 11.8. The van der Waals surface area contributed by atoms with E-state index in [0.29, 0.717) is 31.3 Å². The number of benzene rings is 1. The molecule has 1 aliphatic heterocycles. The lowest BCUT2D eigenvalue weighted by molar-refractivity contribution is -0.385. The van der Waals surface area contributed by atoms with Crippen molar-refractivity contribution >= 4 is 21.6 Å². The third-order valence-electron chi connectivity index (χ3n) is 3.73. The van der Waals surface area contributed by atoms with Crippen molar-refractivity contribution in [2.24, 2.45) is 5.41 Å². The predicted molar refractivity (Wildman–Crippen MR) is 81.4 cm³/mol. The lowest BCUT2D eigenvalue weighted by atomic mass is 9.83. The molecule has 1 heterocycles. The molecule has 1 fully saturated rings. The van der Waals surface area contributed by atoms with Crippen molar-refractivity contribution in [3.05, 3.63) is 28.3 Å². The smallest absolute Gasteiger partial charge is 0.273 e. The van der Waals surface area contributed by atoms with Gasteiger partial charge < -0.3 is 14.2 Å². The summed E-state index contributed by atoms with van der Waals surface area (Å²) in [7, 11) is 1.52. The van der Waals surface area contributed by atoms with Crippen LogP contribution in [0.15, 0.2) is 18.2 Å². The van der Waals surface area contributed by atoms with E-state index in [4.69, 9.17) is 14.2 Å². The van der Waals surface area contributed by atoms with Gasteiger partial charge in [-0.3, -0.25) is 10.1 Å². The molecular weight excluding hydrogens is 342 g/mol. The number of rotatable bonds is 6. The number of non-ortho nitro benzene ring substituents is 1. The summed E-state index contributed by atoms with van der Waals surface area (Å²) in [5, 5.41) is 11.7. The summed E-state index contributed by atoms with van der Waals surface area (Å²) in [4.78, 5) is 10.4. The van der Waals surface area contributed by atoms with Crippen LogP contribution in [0.25, 0.3) is 0 Å². The molecule has 21 heavy (non-hydrogen) atoms. The normalized spacial score (nSPS) is 17.2. The minimum absolute atomic E-state index is 0.00607. The molecule has 0 radical (unpaired) electrons. The van der Waals surface area contributed by atoms with Gasteiger partial charge in [0, 0.05) is 30.0 Å². The fourth-order valence-electron chi connectivity index (χ4n) is 2.24. The van der Waals surface area contributed by atoms with Crippen LogP contribution in [0, 0.1) is 15.5 Å². The zero-order chi connectivity index (χ0) is 15.3. The average Bonchev–Trinajstić information content (AvgIpc) is 2.53. The number of nitro groups is 1. The second-order valence-corrected chi connectivity index (χ2v) is 5.69. The third-order valence-corrected chi connectivity index (χ3v) is 4.92. The van der Waals surface area contributed by atoms with E-state index in [1.807, 2.05) is 0 Å². The van der Waals surface area contributed by atoms with E-state index in [-0.39, 0.29) is 11.1 Å². The van der Waals surface area contributed by atoms with Gasteiger partial charge in [0.2, 0.25) is 0 Å². The maximum atomic E-state index is 10.9. The van der Waals surface area contributed by atoms with E-state index in [0.717, 1.165) is 18.2 Å². The highest BCUT2D eigenvalue weighted by Crippen LogP contribution is 2.36. The van der Waals surface area contributed by atoms with E-state index >= 15 is 0 Å². The molecule has 0 N–H and O–H groups in total. The van der Waals surface area contributed by atoms with Crippen molar-refractivity contribution in [3.8, 4) is 11.5 Å². The van der Waals surface area contributed by atoms with Crippen LogP contribution in [0.4, 0.5) is 5.69 Å². The Kier molecular flexibility index (Phi) is 5.41. The van der Waals surface area contributed by atoms with Crippen LogP contribution in [0.1, 0.15) is 12.8 Å². The summed E-state index contributed by atoms with van der Waals surface area (Å²) in [5.41, 5.74) is -0.0147. The summed E-state index contributed by atoms with van der Waals surface area (Å²) < 4.78 is 16.4. The first-order valence-corrected chi connectivity index (χ1v) is 7.81. The van der Waals surface area contributed by atoms with Crippen molar-refractivity contribution in [3.63, 3.8) is 0 Å². The van der Waals surface area contributed by atoms with Gasteiger partial charge in [-0.15, -0.1) is 0 Å². The Morgan fingerprint density at radius 1 is 1.38 bits per heavy atom. The number of alkyl halides is 1. The minimum atomic E-state index is -0.443. The molecule has 0 aromatic heterocycles. The standard InChI is InChI=1S/C14H18BrNO5/c1-19-12-3-2-11(16(17)18)8-13(12)21-10-14(9-15)4-6-20-7-5-14/h2-3,8H,4-7,9-10H2,1H3. The van der Waals surface area contributed by atoms with Crippen LogP contribution in [0.5, 0.6) is 11.5 Å². The number of halogens is 1. The van der Waals surface area contributed by atoms with Crippen molar-refractivity contribution in [2.45, 2.75) is 12.8 Å². The van der Waals surface area contributed by atoms with Crippen LogP contribution < -0.4 is 9.47 Å². The highest BCUT2D eigenvalue weighted by atomic mass is 79.9. The van der Waals surface area contributed by atoms with Crippen LogP contribution in [0.2, 0.25) is 0 Å². The van der Waals surface area contributed by atoms with Gasteiger partial charge in [-0.05, 0) is 18.9 Å². The van der Waals surface area contributed by atoms with Crippen molar-refractivity contribution in [1.29, 1.82) is 0 Å². The van der Waals surface area contributed by atoms with Crippen molar-refractivity contribution in [1.82, 2.24) is 0 Å². The van der Waals surface area contributed by atoms with Crippen LogP contribution >= 0.6 is 15.9 Å². The summed E-state index contributed by atoms with van der Waals surface area (Å²) >= 11 is 3.54. The minimum Gasteiger partial charge on any atom is -0.493 e. The molecule has 2 rings (SSSR count). The lowest BCUT2D eigenvalue weighted by Gasteiger charge is -2.35. The Labute approximate surface area is 131 Å². The van der Waals surface area contributed by atoms with E-state index in [1.165, 1.54) is 19.2 Å². The third kappa shape index (κ3) is 3.85. The Balaban J connectivity index is 2.13. The van der Waals surface area contributed by atoms with Crippen molar-refractivity contribution < 1.29 is 19.1 Å². The van der Waals surface area contributed by atoms with E-state index < -0.39 is 4.92 Å². The van der Waals surface area contributed by atoms with Gasteiger partial charge in [-0.25, -0.2) is 0 Å². The number of ether oxygens (including phenoxy) is 3. The molecule has 0 atom stereocenters. The molecule has 0 bridgehead atoms. The van der Waals surface area contributed by atoms with Gasteiger partial charge in [0.1, 0.15) is 0 Å². The molecule has 0 amide bonds. The maximum Gasteiger partial charge on any atom is 0.273 e. The predicted octanol–water partition coefficient (Wildman–Crippen LogP) is 3.17. The molecule has 0 aliphatic carbocycles. The number of nitro benzene ring substituents is 1. The second-order valence-electron chi connectivity index (χ2n) is 5.13. The molecule has 1 aromatic rings. The molecule has 1 aromatic carbocycles. The molecule has 0 unspecified atom stereocenters. The summed E-state index contributed by atoms with van der Waals surface area (Å²) in [6, 6.07) is 4.36. The summed E-state index contributed by atoms with van der Waals surface area (Å²) in [5.74, 6) is 0.899. The van der Waals surface area contributed by atoms with Gasteiger partial charge in [0.05, 0.1) is 24.7 Å². The van der Waals surface area contributed by atoms with Crippen LogP contribution in [-0.2, 0) is 4.74 Å². The topological polar surface area (TPSA) is 70.8 Å². The zero-order valence-corrected chi connectivity index (χ0v) is 13.4. The van der Waals surface area contributed by atoms with Crippen LogP contribution in [-0.4, -0.2) is 37.2 Å². The molecular formula is C14H18BrNO5. The molecule has 0 spiro atoms. The number of nitrogens with zero attached hydrogens (tertiary/aromatic N) is 1. The number of hydrogen-bond donors (Lipinski definition) is 0. The van der Waals surface area contributed by atoms with Gasteiger partial charge in [0.25, 0.3) is 5.69 Å². The average molecular weight is 360 g/mol. The maximum absolute atomic E-state index is 10.9. The van der Waals surface area contributed by atoms with Gasteiger partial charge >= 0.3 is 0 Å². The first kappa shape index (κ1) is 16.0. The van der Waals surface area contributed by atoms with Gasteiger partial charge in [-0.1, -0.05) is 15.9 Å². The quantitative estimate of drug-likeness (QED) is 0.443. The molecule has 0 saturated carbocycles. The largest absolute Gasteiger partial charge is 0.493 e.